The van der Waals surface area contributed by atoms with Gasteiger partial charge in [-0.1, -0.05) is 24.3 Å². The average molecular weight is 365 g/mol. The number of nitrogens with one attached hydrogen (secondary N) is 1. The van der Waals surface area contributed by atoms with Crippen LogP contribution >= 0.6 is 0 Å². The van der Waals surface area contributed by atoms with Crippen LogP contribution in [-0.4, -0.2) is 32.4 Å². The Bertz CT molecular complexity index is 790. The number of benzene rings is 2. The Kier molecular flexibility index (Phi) is 4.50. The van der Waals surface area contributed by atoms with E-state index in [1.165, 1.54) is 12.1 Å². The second kappa shape index (κ2) is 6.81. The van der Waals surface area contributed by atoms with Gasteiger partial charge in [0.1, 0.15) is 19.3 Å². The van der Waals surface area contributed by atoms with E-state index in [-0.39, 0.29) is 11.7 Å². The Labute approximate surface area is 148 Å². The largest absolute Gasteiger partial charge is 0.486 e. The van der Waals surface area contributed by atoms with Gasteiger partial charge in [-0.05, 0) is 29.3 Å². The second-order valence-electron chi connectivity index (χ2n) is 6.28. The lowest BCUT2D eigenvalue weighted by Crippen LogP contribution is -2.49. The molecule has 1 atom stereocenters. The summed E-state index contributed by atoms with van der Waals surface area (Å²) >= 11 is 0. The van der Waals surface area contributed by atoms with Gasteiger partial charge in [0.25, 0.3) is 0 Å². The molecule has 1 fully saturated rings. The van der Waals surface area contributed by atoms with E-state index in [9.17, 15) is 13.2 Å². The summed E-state index contributed by atoms with van der Waals surface area (Å²) in [6.45, 7) is 2.11. The Morgan fingerprint density at radius 3 is 2.42 bits per heavy atom. The van der Waals surface area contributed by atoms with Gasteiger partial charge in [-0.15, -0.1) is 0 Å². The van der Waals surface area contributed by atoms with Crippen molar-refractivity contribution in [3.8, 4) is 11.5 Å². The predicted octanol–water partition coefficient (Wildman–Crippen LogP) is 3.55. The van der Waals surface area contributed by atoms with Gasteiger partial charge in [-0.2, -0.15) is 13.2 Å². The van der Waals surface area contributed by atoms with Gasteiger partial charge < -0.3 is 19.5 Å². The van der Waals surface area contributed by atoms with Crippen molar-refractivity contribution in [3.05, 3.63) is 59.2 Å². The van der Waals surface area contributed by atoms with Gasteiger partial charge in [0.15, 0.2) is 11.5 Å². The standard InChI is InChI=1S/C19H18F3NO3/c20-19(21,22)15-4-2-1-3-14(15)18(26-13-10-23-11-13)12-5-6-16-17(9-12)25-8-7-24-16/h1-6,9,13,18,23H,7-8,10-11H2. The molecule has 4 nitrogen and oxygen atoms in total. The molecule has 2 aromatic carbocycles. The predicted molar refractivity (Wildman–Crippen MR) is 88.5 cm³/mol. The van der Waals surface area contributed by atoms with Crippen LogP contribution in [0.5, 0.6) is 11.5 Å². The molecule has 0 spiro atoms. The van der Waals surface area contributed by atoms with Crippen molar-refractivity contribution in [1.29, 1.82) is 0 Å². The van der Waals surface area contributed by atoms with Crippen LogP contribution in [-0.2, 0) is 10.9 Å². The lowest BCUT2D eigenvalue weighted by molar-refractivity contribution is -0.140. The molecule has 2 aromatic rings. The molecule has 0 saturated carbocycles. The van der Waals surface area contributed by atoms with Crippen LogP contribution in [0, 0.1) is 0 Å². The third kappa shape index (κ3) is 3.37. The van der Waals surface area contributed by atoms with E-state index in [1.54, 1.807) is 24.3 Å². The molecule has 7 heteroatoms. The minimum atomic E-state index is -4.45. The summed E-state index contributed by atoms with van der Waals surface area (Å²) in [5, 5.41) is 3.07. The van der Waals surface area contributed by atoms with E-state index < -0.39 is 17.8 Å². The Morgan fingerprint density at radius 2 is 1.73 bits per heavy atom. The summed E-state index contributed by atoms with van der Waals surface area (Å²) in [4.78, 5) is 0. The topological polar surface area (TPSA) is 39.7 Å². The lowest BCUT2D eigenvalue weighted by atomic mass is 9.95. The zero-order valence-electron chi connectivity index (χ0n) is 13.9. The zero-order chi connectivity index (χ0) is 18.1. The van der Waals surface area contributed by atoms with Crippen LogP contribution in [0.25, 0.3) is 0 Å². The fourth-order valence-corrected chi connectivity index (χ4v) is 3.09. The summed E-state index contributed by atoms with van der Waals surface area (Å²) in [5.74, 6) is 1.12. The summed E-state index contributed by atoms with van der Waals surface area (Å²) in [5.41, 5.74) is 0.0219. The number of halogens is 3. The van der Waals surface area contributed by atoms with Crippen molar-refractivity contribution in [2.45, 2.75) is 18.4 Å². The first kappa shape index (κ1) is 17.2. The van der Waals surface area contributed by atoms with Gasteiger partial charge in [0, 0.05) is 13.1 Å². The smallest absolute Gasteiger partial charge is 0.416 e. The summed E-state index contributed by atoms with van der Waals surface area (Å²) in [6, 6.07) is 10.7. The first-order valence-corrected chi connectivity index (χ1v) is 8.44. The van der Waals surface area contributed by atoms with Crippen molar-refractivity contribution in [1.82, 2.24) is 5.32 Å². The maximum absolute atomic E-state index is 13.5. The molecule has 2 aliphatic rings. The number of ether oxygens (including phenoxy) is 3. The van der Waals surface area contributed by atoms with E-state index in [0.29, 0.717) is 43.4 Å². The van der Waals surface area contributed by atoms with E-state index in [4.69, 9.17) is 14.2 Å². The molecule has 2 heterocycles. The third-order valence-corrected chi connectivity index (χ3v) is 4.49. The van der Waals surface area contributed by atoms with Crippen molar-refractivity contribution in [2.75, 3.05) is 26.3 Å². The number of alkyl halides is 3. The monoisotopic (exact) mass is 365 g/mol. The molecule has 26 heavy (non-hydrogen) atoms. The summed E-state index contributed by atoms with van der Waals surface area (Å²) < 4.78 is 57.7. The quantitative estimate of drug-likeness (QED) is 0.900. The average Bonchev–Trinajstić information content (AvgIpc) is 2.60. The van der Waals surface area contributed by atoms with Crippen LogP contribution in [0.2, 0.25) is 0 Å². The molecule has 0 aromatic heterocycles. The molecular formula is C19H18F3NO3. The Hall–Kier alpha value is -2.25. The normalized spacial score (nSPS) is 18.3. The maximum Gasteiger partial charge on any atom is 0.416 e. The van der Waals surface area contributed by atoms with Crippen molar-refractivity contribution < 1.29 is 27.4 Å². The molecule has 0 amide bonds. The molecule has 0 radical (unpaired) electrons. The SMILES string of the molecule is FC(F)(F)c1ccccc1C(OC1CNC1)c1ccc2c(c1)OCCO2. The molecule has 1 N–H and O–H groups in total. The number of hydrogen-bond acceptors (Lipinski definition) is 4. The molecule has 138 valence electrons. The first-order chi connectivity index (χ1) is 12.5. The molecule has 2 aliphatic heterocycles. The third-order valence-electron chi connectivity index (χ3n) is 4.49. The Morgan fingerprint density at radius 1 is 1.00 bits per heavy atom. The maximum atomic E-state index is 13.5. The first-order valence-electron chi connectivity index (χ1n) is 8.44. The van der Waals surface area contributed by atoms with E-state index in [1.807, 2.05) is 0 Å². The fourth-order valence-electron chi connectivity index (χ4n) is 3.09. The minimum absolute atomic E-state index is 0.101. The lowest BCUT2D eigenvalue weighted by Gasteiger charge is -2.33. The van der Waals surface area contributed by atoms with E-state index >= 15 is 0 Å². The van der Waals surface area contributed by atoms with E-state index in [2.05, 4.69) is 5.32 Å². The number of fused-ring (bicyclic) bond motifs is 1. The van der Waals surface area contributed by atoms with Gasteiger partial charge >= 0.3 is 6.18 Å². The van der Waals surface area contributed by atoms with Crippen molar-refractivity contribution in [3.63, 3.8) is 0 Å². The zero-order valence-corrected chi connectivity index (χ0v) is 13.9. The van der Waals surface area contributed by atoms with E-state index in [0.717, 1.165) is 6.07 Å². The number of rotatable bonds is 4. The highest BCUT2D eigenvalue weighted by molar-refractivity contribution is 5.47. The van der Waals surface area contributed by atoms with Crippen molar-refractivity contribution in [2.24, 2.45) is 0 Å². The Balaban J connectivity index is 1.76. The molecule has 0 aliphatic carbocycles. The second-order valence-corrected chi connectivity index (χ2v) is 6.28. The molecule has 4 rings (SSSR count). The molecular weight excluding hydrogens is 347 g/mol. The van der Waals surface area contributed by atoms with Crippen molar-refractivity contribution >= 4 is 0 Å². The summed E-state index contributed by atoms with van der Waals surface area (Å²) in [6.07, 6.45) is -5.42. The summed E-state index contributed by atoms with van der Waals surface area (Å²) in [7, 11) is 0. The van der Waals surface area contributed by atoms with Crippen LogP contribution in [0.3, 0.4) is 0 Å². The molecule has 1 unspecified atom stereocenters. The van der Waals surface area contributed by atoms with Gasteiger partial charge in [-0.3, -0.25) is 0 Å². The highest BCUT2D eigenvalue weighted by atomic mass is 19.4. The highest BCUT2D eigenvalue weighted by Crippen LogP contribution is 2.41. The van der Waals surface area contributed by atoms with Crippen LogP contribution < -0.4 is 14.8 Å². The van der Waals surface area contributed by atoms with Crippen LogP contribution in [0.15, 0.2) is 42.5 Å². The minimum Gasteiger partial charge on any atom is -0.486 e. The highest BCUT2D eigenvalue weighted by Gasteiger charge is 2.37. The van der Waals surface area contributed by atoms with Gasteiger partial charge in [0.05, 0.1) is 11.7 Å². The number of hydrogen-bond donors (Lipinski definition) is 1. The fraction of sp³-hybridized carbons (Fsp3) is 0.368. The van der Waals surface area contributed by atoms with Crippen LogP contribution in [0.4, 0.5) is 13.2 Å². The van der Waals surface area contributed by atoms with Crippen LogP contribution in [0.1, 0.15) is 22.8 Å². The van der Waals surface area contributed by atoms with Gasteiger partial charge in [0.2, 0.25) is 0 Å². The molecule has 1 saturated heterocycles. The molecule has 0 bridgehead atoms. The van der Waals surface area contributed by atoms with Gasteiger partial charge in [-0.25, -0.2) is 0 Å².